The van der Waals surface area contributed by atoms with Gasteiger partial charge >= 0.3 is 0 Å². The quantitative estimate of drug-likeness (QED) is 0.925. The number of nitrogens with zero attached hydrogens (tertiary/aromatic N) is 3. The molecule has 3 rings (SSSR count). The Kier molecular flexibility index (Phi) is 4.65. The molecule has 1 aromatic rings. The Labute approximate surface area is 128 Å². The van der Waals surface area contributed by atoms with E-state index in [1.54, 1.807) is 0 Å². The van der Waals surface area contributed by atoms with E-state index in [-0.39, 0.29) is 0 Å². The first-order chi connectivity index (χ1) is 10.2. The van der Waals surface area contributed by atoms with Crippen LogP contribution < -0.4 is 5.32 Å². The Bertz CT molecular complexity index is 471. The Morgan fingerprint density at radius 1 is 1.29 bits per heavy atom. The summed E-state index contributed by atoms with van der Waals surface area (Å²) >= 11 is 0. The first kappa shape index (κ1) is 15.0. The molecule has 1 atom stereocenters. The molecular formula is C17H30N4. The van der Waals surface area contributed by atoms with E-state index in [4.69, 9.17) is 4.98 Å². The molecule has 0 radical (unpaired) electrons. The lowest BCUT2D eigenvalue weighted by Crippen LogP contribution is -2.29. The molecule has 1 aliphatic carbocycles. The van der Waals surface area contributed by atoms with E-state index < -0.39 is 0 Å². The number of likely N-dealkylation sites (N-methyl/N-ethyl adjacent to an activating group) is 1. The summed E-state index contributed by atoms with van der Waals surface area (Å²) in [5.74, 6) is 2.08. The molecule has 2 heterocycles. The van der Waals surface area contributed by atoms with Gasteiger partial charge in [-0.25, -0.2) is 4.98 Å². The molecule has 118 valence electrons. The second kappa shape index (κ2) is 6.49. The zero-order valence-electron chi connectivity index (χ0n) is 13.9. The minimum Gasteiger partial charge on any atom is -0.327 e. The Morgan fingerprint density at radius 2 is 2.05 bits per heavy atom. The topological polar surface area (TPSA) is 33.1 Å². The lowest BCUT2D eigenvalue weighted by Gasteiger charge is -2.28. The van der Waals surface area contributed by atoms with Crippen LogP contribution in [0.3, 0.4) is 0 Å². The molecule has 2 aliphatic rings. The maximum atomic E-state index is 5.08. The summed E-state index contributed by atoms with van der Waals surface area (Å²) in [6, 6.07) is 0.520. The molecule has 0 aromatic carbocycles. The molecule has 1 fully saturated rings. The molecule has 4 nitrogen and oxygen atoms in total. The minimum absolute atomic E-state index is 0.520. The third kappa shape index (κ3) is 3.16. The first-order valence-electron chi connectivity index (χ1n) is 8.62. The second-order valence-electron chi connectivity index (χ2n) is 7.11. The summed E-state index contributed by atoms with van der Waals surface area (Å²) in [4.78, 5) is 7.38. The molecule has 21 heavy (non-hydrogen) atoms. The van der Waals surface area contributed by atoms with Crippen LogP contribution in [0.5, 0.6) is 0 Å². The standard InChI is InChI=1S/C17H30N4/c1-13(12-20(2)3)21-16-9-10-18-11-15(16)19-17(21)14-7-5-4-6-8-14/h13-14,18H,4-12H2,1-3H3. The van der Waals surface area contributed by atoms with Gasteiger partial charge in [-0.15, -0.1) is 0 Å². The highest BCUT2D eigenvalue weighted by molar-refractivity contribution is 5.23. The van der Waals surface area contributed by atoms with Crippen LogP contribution in [0.2, 0.25) is 0 Å². The number of hydrogen-bond donors (Lipinski definition) is 1. The van der Waals surface area contributed by atoms with Gasteiger partial charge in [0.05, 0.1) is 5.69 Å². The fourth-order valence-electron chi connectivity index (χ4n) is 4.10. The highest BCUT2D eigenvalue weighted by atomic mass is 15.2. The van der Waals surface area contributed by atoms with Crippen LogP contribution in [0.1, 0.15) is 68.2 Å². The van der Waals surface area contributed by atoms with Crippen molar-refractivity contribution < 1.29 is 0 Å². The van der Waals surface area contributed by atoms with Crippen molar-refractivity contribution in [3.8, 4) is 0 Å². The molecule has 0 saturated heterocycles. The predicted molar refractivity (Wildman–Crippen MR) is 86.7 cm³/mol. The Morgan fingerprint density at radius 3 is 2.76 bits per heavy atom. The fraction of sp³-hybridized carbons (Fsp3) is 0.824. The number of rotatable bonds is 4. The summed E-state index contributed by atoms with van der Waals surface area (Å²) in [6.45, 7) is 5.50. The van der Waals surface area contributed by atoms with Gasteiger partial charge in [-0.1, -0.05) is 19.3 Å². The molecule has 1 saturated carbocycles. The van der Waals surface area contributed by atoms with Crippen LogP contribution in [0, 0.1) is 0 Å². The van der Waals surface area contributed by atoms with Crippen LogP contribution in [0.4, 0.5) is 0 Å². The molecule has 1 unspecified atom stereocenters. The second-order valence-corrected chi connectivity index (χ2v) is 7.11. The molecule has 0 bridgehead atoms. The smallest absolute Gasteiger partial charge is 0.112 e. The molecule has 1 aliphatic heterocycles. The van der Waals surface area contributed by atoms with Gasteiger partial charge in [0.15, 0.2) is 0 Å². The molecule has 0 amide bonds. The van der Waals surface area contributed by atoms with Crippen LogP contribution in [-0.2, 0) is 13.0 Å². The molecule has 1 aromatic heterocycles. The average molecular weight is 290 g/mol. The van der Waals surface area contributed by atoms with E-state index in [0.29, 0.717) is 12.0 Å². The normalized spacial score (nSPS) is 21.5. The number of nitrogens with one attached hydrogen (secondary N) is 1. The van der Waals surface area contributed by atoms with Crippen molar-refractivity contribution in [1.29, 1.82) is 0 Å². The van der Waals surface area contributed by atoms with Gasteiger partial charge in [0, 0.05) is 43.7 Å². The van der Waals surface area contributed by atoms with E-state index in [9.17, 15) is 0 Å². The lowest BCUT2D eigenvalue weighted by molar-refractivity contribution is 0.317. The van der Waals surface area contributed by atoms with Gasteiger partial charge in [-0.2, -0.15) is 0 Å². The summed E-state index contributed by atoms with van der Waals surface area (Å²) in [5, 5.41) is 3.48. The zero-order valence-corrected chi connectivity index (χ0v) is 13.9. The van der Waals surface area contributed by atoms with Crippen molar-refractivity contribution in [2.24, 2.45) is 0 Å². The van der Waals surface area contributed by atoms with Gasteiger partial charge in [-0.05, 0) is 33.9 Å². The van der Waals surface area contributed by atoms with Crippen LogP contribution in [0.15, 0.2) is 0 Å². The number of hydrogen-bond acceptors (Lipinski definition) is 3. The SMILES string of the molecule is CC(CN(C)C)n1c(C2CCCCC2)nc2c1CCNC2. The van der Waals surface area contributed by atoms with Gasteiger partial charge in [-0.3, -0.25) is 0 Å². The van der Waals surface area contributed by atoms with E-state index in [2.05, 4.69) is 35.8 Å². The number of fused-ring (bicyclic) bond motifs is 1. The molecule has 4 heteroatoms. The lowest BCUT2D eigenvalue weighted by atomic mass is 9.88. The first-order valence-corrected chi connectivity index (χ1v) is 8.62. The summed E-state index contributed by atoms with van der Waals surface area (Å²) < 4.78 is 2.60. The highest BCUT2D eigenvalue weighted by Crippen LogP contribution is 2.35. The van der Waals surface area contributed by atoms with Crippen molar-refractivity contribution in [2.45, 2.75) is 64.0 Å². The zero-order chi connectivity index (χ0) is 14.8. The summed E-state index contributed by atoms with van der Waals surface area (Å²) in [5.41, 5.74) is 2.82. The van der Waals surface area contributed by atoms with Gasteiger partial charge in [0.1, 0.15) is 5.82 Å². The van der Waals surface area contributed by atoms with Crippen molar-refractivity contribution >= 4 is 0 Å². The van der Waals surface area contributed by atoms with E-state index >= 15 is 0 Å². The van der Waals surface area contributed by atoms with Gasteiger partial charge in [0.2, 0.25) is 0 Å². The monoisotopic (exact) mass is 290 g/mol. The van der Waals surface area contributed by atoms with E-state index in [1.807, 2.05) is 0 Å². The van der Waals surface area contributed by atoms with Crippen LogP contribution >= 0.6 is 0 Å². The highest BCUT2D eigenvalue weighted by Gasteiger charge is 2.28. The molecule has 0 spiro atoms. The van der Waals surface area contributed by atoms with Crippen molar-refractivity contribution in [1.82, 2.24) is 19.8 Å². The average Bonchev–Trinajstić information content (AvgIpc) is 2.87. The number of imidazole rings is 1. The third-order valence-corrected chi connectivity index (χ3v) is 4.99. The van der Waals surface area contributed by atoms with Crippen LogP contribution in [0.25, 0.3) is 0 Å². The largest absolute Gasteiger partial charge is 0.327 e. The minimum atomic E-state index is 0.520. The van der Waals surface area contributed by atoms with Gasteiger partial charge in [0.25, 0.3) is 0 Å². The van der Waals surface area contributed by atoms with Gasteiger partial charge < -0.3 is 14.8 Å². The Hall–Kier alpha value is -0.870. The Balaban J connectivity index is 1.95. The number of aromatic nitrogens is 2. The summed E-state index contributed by atoms with van der Waals surface area (Å²) in [6.07, 6.45) is 7.96. The molecular weight excluding hydrogens is 260 g/mol. The molecule has 1 N–H and O–H groups in total. The van der Waals surface area contributed by atoms with E-state index in [0.717, 1.165) is 26.1 Å². The summed E-state index contributed by atoms with van der Waals surface area (Å²) in [7, 11) is 4.34. The fourth-order valence-corrected chi connectivity index (χ4v) is 4.10. The van der Waals surface area contributed by atoms with Crippen molar-refractivity contribution in [2.75, 3.05) is 27.2 Å². The van der Waals surface area contributed by atoms with Crippen LogP contribution in [-0.4, -0.2) is 41.6 Å². The maximum absolute atomic E-state index is 5.08. The third-order valence-electron chi connectivity index (χ3n) is 4.99. The van der Waals surface area contributed by atoms with Crippen molar-refractivity contribution in [3.05, 3.63) is 17.2 Å². The maximum Gasteiger partial charge on any atom is 0.112 e. The van der Waals surface area contributed by atoms with Crippen molar-refractivity contribution in [3.63, 3.8) is 0 Å². The van der Waals surface area contributed by atoms with E-state index in [1.165, 1.54) is 49.3 Å². The predicted octanol–water partition coefficient (Wildman–Crippen LogP) is 2.70.